The number of fused-ring (bicyclic) bond motifs is 3. The number of primary amides is 1. The summed E-state index contributed by atoms with van der Waals surface area (Å²) in [5.41, 5.74) is 2.32. The number of hydrogen-bond donors (Lipinski definition) is 6. The Kier molecular flexibility index (Phi) is 7.33. The molecule has 11 heteroatoms. The van der Waals surface area contributed by atoms with Gasteiger partial charge in [-0.1, -0.05) is 0 Å². The van der Waals surface area contributed by atoms with Crippen LogP contribution in [-0.2, 0) is 17.6 Å². The second-order valence-electron chi connectivity index (χ2n) is 12.1. The van der Waals surface area contributed by atoms with E-state index in [0.29, 0.717) is 19.4 Å². The zero-order valence-electron chi connectivity index (χ0n) is 23.1. The average Bonchev–Trinajstić information content (AvgIpc) is 2.81. The Labute approximate surface area is 228 Å². The van der Waals surface area contributed by atoms with E-state index in [-0.39, 0.29) is 57.6 Å². The monoisotopic (exact) mass is 541 g/mol. The second kappa shape index (κ2) is 9.87. The number of rotatable bonds is 6. The predicted molar refractivity (Wildman–Crippen MR) is 147 cm³/mol. The van der Waals surface area contributed by atoms with Gasteiger partial charge in [-0.3, -0.25) is 0 Å². The molecule has 0 unspecified atom stereocenters. The van der Waals surface area contributed by atoms with Gasteiger partial charge in [0.15, 0.2) is 0 Å². The van der Waals surface area contributed by atoms with E-state index in [0.717, 1.165) is 0 Å². The third kappa shape index (κ3) is 4.60. The van der Waals surface area contributed by atoms with Gasteiger partial charge in [0.25, 0.3) is 0 Å². The van der Waals surface area contributed by atoms with E-state index in [2.05, 4.69) is 12.8 Å². The van der Waals surface area contributed by atoms with Crippen LogP contribution in [0.2, 0.25) is 0 Å². The van der Waals surface area contributed by atoms with Crippen LogP contribution in [0.1, 0.15) is 55.1 Å². The number of Topliss-reactive ketones (excluding diaryl/α,β-unsaturated/α-hetero) is 1. The van der Waals surface area contributed by atoms with Gasteiger partial charge in [-0.2, -0.15) is 0 Å². The number of aromatic hydroxyl groups is 1. The molecule has 0 aromatic heterocycles. The number of ketones is 1. The number of nitrogens with zero attached hydrogens (tertiary/aromatic N) is 1. The molecule has 0 heterocycles. The van der Waals surface area contributed by atoms with Gasteiger partial charge in [-0.15, -0.1) is 0 Å². The van der Waals surface area contributed by atoms with Gasteiger partial charge >= 0.3 is 202 Å². The molecule has 0 radical (unpaired) electrons. The molecule has 210 valence electrons. The normalized spacial score (nSPS) is 27.0. The summed E-state index contributed by atoms with van der Waals surface area (Å²) in [5, 5.41) is 48.7. The van der Waals surface area contributed by atoms with Gasteiger partial charge in [0, 0.05) is 5.54 Å². The number of aliphatic hydroxyl groups excluding tert-OH is 2. The summed E-state index contributed by atoms with van der Waals surface area (Å²) in [6.45, 7) is 6.68. The third-order valence-corrected chi connectivity index (χ3v) is 8.21. The first kappa shape index (κ1) is 29.0. The number of carbonyl (C=O) groups excluding carboxylic acids is 2. The number of phenols is 1. The molecule has 4 atom stereocenters. The fourth-order valence-electron chi connectivity index (χ4n) is 6.42. The number of carbonyl (C=O) groups is 2. The Bertz CT molecular complexity index is 1330. The molecule has 0 bridgehead atoms. The number of allylic oxidation sites excluding steroid dienone is 1. The van der Waals surface area contributed by atoms with Crippen molar-refractivity contribution in [2.24, 2.45) is 17.6 Å². The first-order valence-electron chi connectivity index (χ1n) is 13.1. The zero-order valence-corrected chi connectivity index (χ0v) is 23.1. The molecule has 9 nitrogen and oxygen atoms in total. The maximum absolute atomic E-state index is 15.4. The van der Waals surface area contributed by atoms with E-state index in [1.165, 1.54) is 6.07 Å². The summed E-state index contributed by atoms with van der Waals surface area (Å²) in [6, 6.07) is 0.316. The number of nitrogens with two attached hydrogens (primary N) is 1. The number of nitrogens with one attached hydrogen (secondary N) is 1. The SMILES string of the molecule is B=C1C(C(N)=O)=C(O)[C@@H](N(C)C)[C@@H]2C[C@@H]3Cc4c(F)cc(CCCNC(C)(C)C)c(O)c4C(=O)C3=C(O)[C@]12O. The molecule has 1 aromatic rings. The van der Waals surface area contributed by atoms with E-state index >= 15 is 4.39 Å². The summed E-state index contributed by atoms with van der Waals surface area (Å²) < 4.78 is 15.4. The van der Waals surface area contributed by atoms with Crippen LogP contribution >= 0.6 is 0 Å². The summed E-state index contributed by atoms with van der Waals surface area (Å²) in [7, 11) is 7.02. The first-order chi connectivity index (χ1) is 18.0. The Balaban J connectivity index is 1.80. The van der Waals surface area contributed by atoms with Gasteiger partial charge in [0.05, 0.1) is 0 Å². The summed E-state index contributed by atoms with van der Waals surface area (Å²) in [5.74, 6) is -5.52. The summed E-state index contributed by atoms with van der Waals surface area (Å²) in [6.07, 6.45) is 0.977. The van der Waals surface area contributed by atoms with Crippen molar-refractivity contribution in [2.45, 2.75) is 63.6 Å². The third-order valence-electron chi connectivity index (χ3n) is 8.21. The molecule has 3 aliphatic carbocycles. The van der Waals surface area contributed by atoms with Crippen LogP contribution in [0.3, 0.4) is 0 Å². The van der Waals surface area contributed by atoms with Crippen molar-refractivity contribution < 1.29 is 34.4 Å². The Morgan fingerprint density at radius 3 is 2.49 bits per heavy atom. The fraction of sp³-hybridized carbons (Fsp3) is 0.536. The van der Waals surface area contributed by atoms with Crippen LogP contribution in [0.5, 0.6) is 5.75 Å². The van der Waals surface area contributed by atoms with Gasteiger partial charge in [0.1, 0.15) is 0 Å². The van der Waals surface area contributed by atoms with Crippen molar-refractivity contribution in [3.8, 4) is 5.75 Å². The number of hydrogen-bond acceptors (Lipinski definition) is 8. The van der Waals surface area contributed by atoms with Crippen molar-refractivity contribution >= 4 is 24.6 Å². The van der Waals surface area contributed by atoms with Crippen LogP contribution in [0.15, 0.2) is 28.7 Å². The topological polar surface area (TPSA) is 156 Å². The molecule has 7 N–H and O–H groups in total. The van der Waals surface area contributed by atoms with E-state index in [4.69, 9.17) is 5.73 Å². The quantitative estimate of drug-likeness (QED) is 0.231. The number of benzene rings is 1. The molecule has 1 aromatic carbocycles. The van der Waals surface area contributed by atoms with Crippen molar-refractivity contribution in [1.82, 2.24) is 10.2 Å². The standard InChI is InChI=1S/C28H37BFN3O6/c1-27(2,3)32-8-6-7-12-11-16(30)14-9-13-10-15-20(33(4)5)23(36)19(26(31)38)24(29)28(15,39)25(37)17(13)22(35)18(14)21(12)34/h11,13,15,20,29,32,34,36-37,39H,6-10H2,1-5H3,(H2,31,38)/t13-,15-,20-,28+/m0/s1. The van der Waals surface area contributed by atoms with E-state index in [1.807, 2.05) is 20.8 Å². The van der Waals surface area contributed by atoms with Crippen LogP contribution in [-0.4, -0.2) is 87.8 Å². The average molecular weight is 541 g/mol. The van der Waals surface area contributed by atoms with Crippen molar-refractivity contribution in [3.63, 3.8) is 0 Å². The second-order valence-corrected chi connectivity index (χ2v) is 12.1. The number of aliphatic hydroxyl groups is 3. The minimum absolute atomic E-state index is 0.00191. The molecule has 0 spiro atoms. The van der Waals surface area contributed by atoms with Crippen molar-refractivity contribution in [2.75, 3.05) is 20.6 Å². The molecule has 0 saturated heterocycles. The number of phenolic OH excluding ortho intramolecular Hbond substituents is 1. The fourth-order valence-corrected chi connectivity index (χ4v) is 6.42. The van der Waals surface area contributed by atoms with Gasteiger partial charge in [-0.05, 0) is 20.8 Å². The van der Waals surface area contributed by atoms with Gasteiger partial charge < -0.3 is 0 Å². The van der Waals surface area contributed by atoms with Crippen LogP contribution in [0.25, 0.3) is 0 Å². The summed E-state index contributed by atoms with van der Waals surface area (Å²) >= 11 is 0. The number of amides is 1. The summed E-state index contributed by atoms with van der Waals surface area (Å²) in [4.78, 5) is 27.6. The molecule has 4 rings (SSSR count). The zero-order chi connectivity index (χ0) is 29.2. The Hall–Kier alpha value is -3.02. The number of halogens is 1. The van der Waals surface area contributed by atoms with Crippen molar-refractivity contribution in [1.29, 1.82) is 0 Å². The van der Waals surface area contributed by atoms with Crippen LogP contribution < -0.4 is 11.1 Å². The van der Waals surface area contributed by atoms with E-state index < -0.39 is 52.3 Å². The molecular weight excluding hydrogens is 504 g/mol. The molecule has 3 aliphatic rings. The number of aryl methyl sites for hydroxylation is 1. The molecular formula is C28H37BFN3O6. The Morgan fingerprint density at radius 1 is 1.28 bits per heavy atom. The molecule has 1 amide bonds. The number of likely N-dealkylation sites (N-methyl/N-ethyl adjacent to an activating group) is 1. The molecule has 0 fully saturated rings. The van der Waals surface area contributed by atoms with E-state index in [9.17, 15) is 30.0 Å². The van der Waals surface area contributed by atoms with E-state index in [1.54, 1.807) is 19.0 Å². The van der Waals surface area contributed by atoms with Gasteiger partial charge in [0.2, 0.25) is 0 Å². The molecule has 0 saturated carbocycles. The minimum atomic E-state index is -2.28. The van der Waals surface area contributed by atoms with Crippen molar-refractivity contribution in [3.05, 3.63) is 51.2 Å². The van der Waals surface area contributed by atoms with Crippen LogP contribution in [0.4, 0.5) is 4.39 Å². The maximum atomic E-state index is 15.4. The first-order valence-corrected chi connectivity index (χ1v) is 13.1. The van der Waals surface area contributed by atoms with Gasteiger partial charge in [-0.25, -0.2) is 0 Å². The molecule has 39 heavy (non-hydrogen) atoms. The molecule has 0 aliphatic heterocycles. The van der Waals surface area contributed by atoms with Crippen LogP contribution in [0, 0.1) is 17.7 Å². The predicted octanol–water partition coefficient (Wildman–Crippen LogP) is 1.08. The Morgan fingerprint density at radius 2 is 1.92 bits per heavy atom.